The smallest absolute Gasteiger partial charge is 0.218 e. The van der Waals surface area contributed by atoms with Crippen LogP contribution in [0.5, 0.6) is 5.75 Å². The first-order valence-electron chi connectivity index (χ1n) is 14.1. The van der Waals surface area contributed by atoms with Gasteiger partial charge < -0.3 is 20.8 Å². The second-order valence-corrected chi connectivity index (χ2v) is 10.6. The number of nitrogens with one attached hydrogen (secondary N) is 2. The highest BCUT2D eigenvalue weighted by Crippen LogP contribution is 2.30. The highest BCUT2D eigenvalue weighted by Gasteiger charge is 2.24. The fraction of sp³-hybridized carbons (Fsp3) is 0.242. The molecule has 0 aliphatic carbocycles. The summed E-state index contributed by atoms with van der Waals surface area (Å²) in [5, 5.41) is 4.34. The Morgan fingerprint density at radius 3 is 2.56 bits per heavy atom. The average molecular weight is 547 g/mol. The third-order valence-corrected chi connectivity index (χ3v) is 7.63. The zero-order valence-electron chi connectivity index (χ0n) is 22.9. The number of aromatic amines is 1. The summed E-state index contributed by atoms with van der Waals surface area (Å²) in [6.07, 6.45) is 5.33. The van der Waals surface area contributed by atoms with Crippen LogP contribution in [-0.4, -0.2) is 38.3 Å². The molecule has 1 unspecified atom stereocenters. The van der Waals surface area contributed by atoms with Crippen molar-refractivity contribution < 1.29 is 9.53 Å². The highest BCUT2D eigenvalue weighted by atomic mass is 16.5. The minimum atomic E-state index is -0.224. The molecule has 208 valence electrons. The van der Waals surface area contributed by atoms with Crippen LogP contribution in [0.3, 0.4) is 0 Å². The van der Waals surface area contributed by atoms with Crippen LogP contribution < -0.4 is 15.8 Å². The van der Waals surface area contributed by atoms with Crippen LogP contribution in [0.15, 0.2) is 91.3 Å². The maximum absolute atomic E-state index is 11.5. The van der Waals surface area contributed by atoms with E-state index in [1.165, 1.54) is 5.56 Å². The van der Waals surface area contributed by atoms with Gasteiger partial charge in [0.2, 0.25) is 5.91 Å². The maximum Gasteiger partial charge on any atom is 0.218 e. The molecule has 6 rings (SSSR count). The number of aromatic nitrogens is 3. The van der Waals surface area contributed by atoms with Crippen molar-refractivity contribution in [2.24, 2.45) is 5.73 Å². The number of H-pyrrole nitrogens is 1. The molecule has 0 saturated carbocycles. The number of amides is 1. The molecule has 8 nitrogen and oxygen atoms in total. The van der Waals surface area contributed by atoms with Crippen molar-refractivity contribution >= 4 is 28.4 Å². The Morgan fingerprint density at radius 1 is 0.976 bits per heavy atom. The number of primary amides is 1. The minimum Gasteiger partial charge on any atom is -0.489 e. The lowest BCUT2D eigenvalue weighted by Crippen LogP contribution is -2.41. The van der Waals surface area contributed by atoms with Crippen LogP contribution >= 0.6 is 0 Å². The van der Waals surface area contributed by atoms with Gasteiger partial charge in [0.1, 0.15) is 30.1 Å². The molecule has 1 aliphatic heterocycles. The summed E-state index contributed by atoms with van der Waals surface area (Å²) in [6, 6.07) is 28.9. The molecule has 0 radical (unpaired) electrons. The van der Waals surface area contributed by atoms with E-state index in [1.807, 2.05) is 54.6 Å². The molecule has 1 aliphatic rings. The van der Waals surface area contributed by atoms with Crippen molar-refractivity contribution in [2.45, 2.75) is 44.9 Å². The van der Waals surface area contributed by atoms with Gasteiger partial charge in [-0.05, 0) is 66.4 Å². The summed E-state index contributed by atoms with van der Waals surface area (Å²) in [5.41, 5.74) is 11.6. The first-order valence-corrected chi connectivity index (χ1v) is 14.1. The highest BCUT2D eigenvalue weighted by molar-refractivity contribution is 5.92. The van der Waals surface area contributed by atoms with Crippen LogP contribution in [0.25, 0.3) is 22.3 Å². The topological polar surface area (TPSA) is 109 Å². The lowest BCUT2D eigenvalue weighted by molar-refractivity contribution is -0.119. The van der Waals surface area contributed by atoms with Gasteiger partial charge in [-0.15, -0.1) is 0 Å². The molecule has 1 amide bonds. The van der Waals surface area contributed by atoms with Crippen molar-refractivity contribution in [3.8, 4) is 17.0 Å². The number of likely N-dealkylation sites (tertiary alicyclic amines) is 1. The van der Waals surface area contributed by atoms with Gasteiger partial charge in [-0.1, -0.05) is 61.0 Å². The minimum absolute atomic E-state index is 0.224. The Labute approximate surface area is 239 Å². The third-order valence-electron chi connectivity index (χ3n) is 7.63. The number of hydrogen-bond acceptors (Lipinski definition) is 6. The van der Waals surface area contributed by atoms with Gasteiger partial charge >= 0.3 is 0 Å². The van der Waals surface area contributed by atoms with Crippen LogP contribution in [-0.2, 0) is 17.9 Å². The summed E-state index contributed by atoms with van der Waals surface area (Å²) in [7, 11) is 0. The van der Waals surface area contributed by atoms with Crippen molar-refractivity contribution in [1.82, 2.24) is 19.9 Å². The molecule has 5 aromatic rings. The van der Waals surface area contributed by atoms with Crippen LogP contribution in [0.4, 0.5) is 11.5 Å². The standard InChI is InChI=1S/C33H34N6O2/c34-31(40)18-27-8-4-5-17-39(27)20-23-9-11-25(12-10-23)30-19-29-32(35-22-36-33(29)38-30)37-26-13-15-28(16-14-26)41-21-24-6-2-1-3-7-24/h1-3,6-7,9-16,19,22,27H,4-5,8,17-18,20-21H2,(H2,34,40)(H2,35,36,37,38). The van der Waals surface area contributed by atoms with Gasteiger partial charge in [-0.2, -0.15) is 0 Å². The van der Waals surface area contributed by atoms with Crippen LogP contribution in [0.1, 0.15) is 36.8 Å². The molecule has 1 saturated heterocycles. The zero-order chi connectivity index (χ0) is 28.0. The fourth-order valence-electron chi connectivity index (χ4n) is 5.46. The number of benzene rings is 3. The SMILES string of the molecule is NC(=O)CC1CCCCN1Cc1ccc(-c2cc3c(Nc4ccc(OCc5ccccc5)cc4)ncnc3[nH]2)cc1. The number of piperidine rings is 1. The Hall–Kier alpha value is -4.69. The van der Waals surface area contributed by atoms with Crippen molar-refractivity contribution in [3.63, 3.8) is 0 Å². The summed E-state index contributed by atoms with van der Waals surface area (Å²) < 4.78 is 5.91. The predicted octanol–water partition coefficient (Wildman–Crippen LogP) is 6.18. The summed E-state index contributed by atoms with van der Waals surface area (Å²) in [6.45, 7) is 2.35. The average Bonchev–Trinajstić information content (AvgIpc) is 3.44. The molecule has 0 bridgehead atoms. The fourth-order valence-corrected chi connectivity index (χ4v) is 5.46. The lowest BCUT2D eigenvalue weighted by atomic mass is 9.98. The molecule has 0 spiro atoms. The van der Waals surface area contributed by atoms with Crippen molar-refractivity contribution in [1.29, 1.82) is 0 Å². The number of hydrogen-bond donors (Lipinski definition) is 3. The second-order valence-electron chi connectivity index (χ2n) is 10.6. The number of anilines is 2. The first kappa shape index (κ1) is 26.5. The molecule has 3 heterocycles. The van der Waals surface area contributed by atoms with E-state index in [-0.39, 0.29) is 11.9 Å². The monoisotopic (exact) mass is 546 g/mol. The number of carbonyl (C=O) groups is 1. The number of nitrogens with two attached hydrogens (primary N) is 1. The van der Waals surface area contributed by atoms with Gasteiger partial charge in [0.15, 0.2) is 0 Å². The van der Waals surface area contributed by atoms with Crippen LogP contribution in [0.2, 0.25) is 0 Å². The Kier molecular flexibility index (Phi) is 7.91. The van der Waals surface area contributed by atoms with Crippen molar-refractivity contribution in [2.75, 3.05) is 11.9 Å². The van der Waals surface area contributed by atoms with E-state index >= 15 is 0 Å². The van der Waals surface area contributed by atoms with Crippen molar-refractivity contribution in [3.05, 3.63) is 102 Å². The third kappa shape index (κ3) is 6.56. The molecule has 2 aromatic heterocycles. The maximum atomic E-state index is 11.5. The molecule has 4 N–H and O–H groups in total. The number of ether oxygens (including phenoxy) is 1. The molecule has 1 atom stereocenters. The van der Waals surface area contributed by atoms with E-state index in [4.69, 9.17) is 10.5 Å². The van der Waals surface area contributed by atoms with E-state index < -0.39 is 0 Å². The first-order chi connectivity index (χ1) is 20.1. The summed E-state index contributed by atoms with van der Waals surface area (Å²) in [5.74, 6) is 1.32. The van der Waals surface area contributed by atoms with E-state index in [0.29, 0.717) is 13.0 Å². The van der Waals surface area contributed by atoms with Gasteiger partial charge in [0, 0.05) is 30.4 Å². The quantitative estimate of drug-likeness (QED) is 0.193. The Bertz CT molecular complexity index is 1600. The van der Waals surface area contributed by atoms with E-state index in [2.05, 4.69) is 55.5 Å². The van der Waals surface area contributed by atoms with Gasteiger partial charge in [-0.3, -0.25) is 9.69 Å². The van der Waals surface area contributed by atoms with Crippen LogP contribution in [0, 0.1) is 0 Å². The summed E-state index contributed by atoms with van der Waals surface area (Å²) >= 11 is 0. The predicted molar refractivity (Wildman–Crippen MR) is 162 cm³/mol. The lowest BCUT2D eigenvalue weighted by Gasteiger charge is -2.35. The Balaban J connectivity index is 1.13. The van der Waals surface area contributed by atoms with E-state index in [9.17, 15) is 4.79 Å². The second kappa shape index (κ2) is 12.2. The normalized spacial score (nSPS) is 15.6. The van der Waals surface area contributed by atoms with Gasteiger partial charge in [0.25, 0.3) is 0 Å². The largest absolute Gasteiger partial charge is 0.489 e. The number of nitrogens with zero attached hydrogens (tertiary/aromatic N) is 3. The molecule has 8 heteroatoms. The molecule has 1 fully saturated rings. The number of fused-ring (bicyclic) bond motifs is 1. The molecule has 3 aromatic carbocycles. The molecule has 41 heavy (non-hydrogen) atoms. The van der Waals surface area contributed by atoms with Gasteiger partial charge in [0.05, 0.1) is 5.39 Å². The zero-order valence-corrected chi connectivity index (χ0v) is 22.9. The van der Waals surface area contributed by atoms with Gasteiger partial charge in [-0.25, -0.2) is 9.97 Å². The molecular formula is C33H34N6O2. The summed E-state index contributed by atoms with van der Waals surface area (Å²) in [4.78, 5) is 26.3. The van der Waals surface area contributed by atoms with E-state index in [1.54, 1.807) is 6.33 Å². The molecular weight excluding hydrogens is 512 g/mol. The van der Waals surface area contributed by atoms with E-state index in [0.717, 1.165) is 77.5 Å². The Morgan fingerprint density at radius 2 is 1.78 bits per heavy atom. The number of rotatable bonds is 10. The number of carbonyl (C=O) groups excluding carboxylic acids is 1.